The molecular weight excluding hydrogens is 258 g/mol. The predicted molar refractivity (Wildman–Crippen MR) is 77.1 cm³/mol. The van der Waals surface area contributed by atoms with Crippen LogP contribution in [-0.2, 0) is 14.3 Å². The zero-order valence-electron chi connectivity index (χ0n) is 13.4. The smallest absolute Gasteiger partial charge is 0.217 e. The van der Waals surface area contributed by atoms with E-state index < -0.39 is 12.4 Å². The summed E-state index contributed by atoms with van der Waals surface area (Å²) in [6.45, 7) is 9.77. The highest BCUT2D eigenvalue weighted by Crippen LogP contribution is 2.34. The monoisotopic (exact) mass is 287 g/mol. The van der Waals surface area contributed by atoms with Crippen LogP contribution in [0.25, 0.3) is 0 Å². The molecule has 0 aliphatic carbocycles. The largest absolute Gasteiger partial charge is 0.390 e. The molecule has 1 saturated heterocycles. The van der Waals surface area contributed by atoms with Gasteiger partial charge in [-0.2, -0.15) is 0 Å². The van der Waals surface area contributed by atoms with Crippen LogP contribution in [0.15, 0.2) is 0 Å². The zero-order valence-corrected chi connectivity index (χ0v) is 13.4. The maximum absolute atomic E-state index is 11.4. The van der Waals surface area contributed by atoms with Gasteiger partial charge in [0.2, 0.25) is 5.91 Å². The summed E-state index contributed by atoms with van der Waals surface area (Å²) in [7, 11) is 1.57. The lowest BCUT2D eigenvalue weighted by Gasteiger charge is -2.46. The molecular formula is C15H29NO4. The van der Waals surface area contributed by atoms with E-state index in [0.717, 1.165) is 6.42 Å². The van der Waals surface area contributed by atoms with E-state index in [1.165, 1.54) is 6.92 Å². The van der Waals surface area contributed by atoms with Crippen molar-refractivity contribution >= 4 is 5.91 Å². The van der Waals surface area contributed by atoms with E-state index in [1.54, 1.807) is 7.11 Å². The number of rotatable bonds is 5. The molecule has 2 N–H and O–H groups in total. The second kappa shape index (κ2) is 7.38. The first-order chi connectivity index (χ1) is 9.27. The summed E-state index contributed by atoms with van der Waals surface area (Å²) < 4.78 is 11.3. The quantitative estimate of drug-likeness (QED) is 0.805. The number of carbonyl (C=O) groups is 1. The average molecular weight is 287 g/mol. The Labute approximate surface area is 122 Å². The molecule has 0 radical (unpaired) electrons. The molecule has 1 aliphatic heterocycles. The number of ether oxygens (including phenoxy) is 2. The average Bonchev–Trinajstić information content (AvgIpc) is 2.30. The van der Waals surface area contributed by atoms with Gasteiger partial charge in [-0.25, -0.2) is 0 Å². The van der Waals surface area contributed by atoms with E-state index in [9.17, 15) is 9.90 Å². The van der Waals surface area contributed by atoms with Crippen LogP contribution in [0.1, 0.15) is 41.0 Å². The fraction of sp³-hybridized carbons (Fsp3) is 0.933. The molecule has 0 aromatic rings. The first kappa shape index (κ1) is 17.4. The lowest BCUT2D eigenvalue weighted by molar-refractivity contribution is -0.252. The Bertz CT molecular complexity index is 319. The molecule has 1 aliphatic rings. The van der Waals surface area contributed by atoms with Crippen molar-refractivity contribution in [1.29, 1.82) is 0 Å². The van der Waals surface area contributed by atoms with Crippen molar-refractivity contribution in [2.45, 2.75) is 65.6 Å². The van der Waals surface area contributed by atoms with E-state index in [4.69, 9.17) is 9.47 Å². The zero-order chi connectivity index (χ0) is 15.4. The highest BCUT2D eigenvalue weighted by Gasteiger charge is 2.46. The van der Waals surface area contributed by atoms with Gasteiger partial charge >= 0.3 is 0 Å². The van der Waals surface area contributed by atoms with E-state index in [2.05, 4.69) is 19.2 Å². The maximum atomic E-state index is 11.4. The molecule has 0 aromatic heterocycles. The number of methoxy groups -OCH3 is 1. The standard InChI is InChI=1S/C15H29NO4/c1-8(2)7-11-14(18)12(9(3)4)13(16-10(5)17)15(19-6)20-11/h8-9,11-15,18H,7H2,1-6H3,(H,16,17). The minimum atomic E-state index is -0.597. The first-order valence-corrected chi connectivity index (χ1v) is 7.41. The Hall–Kier alpha value is -0.650. The molecule has 0 aromatic carbocycles. The maximum Gasteiger partial charge on any atom is 0.217 e. The van der Waals surface area contributed by atoms with Gasteiger partial charge in [-0.05, 0) is 18.3 Å². The molecule has 118 valence electrons. The Morgan fingerprint density at radius 2 is 1.95 bits per heavy atom. The number of aliphatic hydroxyl groups excluding tert-OH is 1. The molecule has 0 saturated carbocycles. The molecule has 5 unspecified atom stereocenters. The number of amides is 1. The fourth-order valence-electron chi connectivity index (χ4n) is 3.05. The van der Waals surface area contributed by atoms with E-state index in [1.807, 2.05) is 13.8 Å². The second-order valence-corrected chi connectivity index (χ2v) is 6.45. The summed E-state index contributed by atoms with van der Waals surface area (Å²) in [6, 6.07) is -0.323. The topological polar surface area (TPSA) is 67.8 Å². The minimum absolute atomic E-state index is 0.0821. The number of carbonyl (C=O) groups excluding carboxylic acids is 1. The van der Waals surface area contributed by atoms with Crippen LogP contribution in [0.2, 0.25) is 0 Å². The van der Waals surface area contributed by atoms with Crippen LogP contribution in [0, 0.1) is 17.8 Å². The van der Waals surface area contributed by atoms with Crippen molar-refractivity contribution in [3.05, 3.63) is 0 Å². The summed E-state index contributed by atoms with van der Waals surface area (Å²) in [4.78, 5) is 11.4. The molecule has 1 amide bonds. The molecule has 5 nitrogen and oxygen atoms in total. The van der Waals surface area contributed by atoms with Gasteiger partial charge in [0.25, 0.3) is 0 Å². The normalized spacial score (nSPS) is 34.5. The molecule has 1 rings (SSSR count). The van der Waals surface area contributed by atoms with Crippen molar-refractivity contribution < 1.29 is 19.4 Å². The van der Waals surface area contributed by atoms with Gasteiger partial charge in [-0.1, -0.05) is 27.7 Å². The molecule has 5 heteroatoms. The fourth-order valence-corrected chi connectivity index (χ4v) is 3.05. The van der Waals surface area contributed by atoms with Gasteiger partial charge in [0.15, 0.2) is 6.29 Å². The Morgan fingerprint density at radius 3 is 2.35 bits per heavy atom. The van der Waals surface area contributed by atoms with Crippen LogP contribution in [0.3, 0.4) is 0 Å². The van der Waals surface area contributed by atoms with Crippen molar-refractivity contribution in [1.82, 2.24) is 5.32 Å². The number of aliphatic hydroxyl groups is 1. The van der Waals surface area contributed by atoms with Crippen LogP contribution in [0.5, 0.6) is 0 Å². The molecule has 0 spiro atoms. The third-order valence-corrected chi connectivity index (χ3v) is 3.87. The lowest BCUT2D eigenvalue weighted by atomic mass is 9.77. The number of nitrogens with one attached hydrogen (secondary N) is 1. The molecule has 5 atom stereocenters. The first-order valence-electron chi connectivity index (χ1n) is 7.41. The van der Waals surface area contributed by atoms with E-state index in [-0.39, 0.29) is 29.9 Å². The SMILES string of the molecule is COC1OC(CC(C)C)C(O)C(C(C)C)C1NC(C)=O. The van der Waals surface area contributed by atoms with Gasteiger partial charge < -0.3 is 19.9 Å². The Kier molecular flexibility index (Phi) is 6.43. The summed E-state index contributed by atoms with van der Waals surface area (Å²) in [5, 5.41) is 13.5. The highest BCUT2D eigenvalue weighted by atomic mass is 16.7. The summed E-state index contributed by atoms with van der Waals surface area (Å²) in [5.74, 6) is 0.428. The van der Waals surface area contributed by atoms with Crippen LogP contribution in [0.4, 0.5) is 0 Å². The van der Waals surface area contributed by atoms with E-state index in [0.29, 0.717) is 5.92 Å². The Morgan fingerprint density at radius 1 is 1.35 bits per heavy atom. The van der Waals surface area contributed by atoms with Gasteiger partial charge in [-0.15, -0.1) is 0 Å². The lowest BCUT2D eigenvalue weighted by Crippen LogP contribution is -2.62. The van der Waals surface area contributed by atoms with Crippen molar-refractivity contribution in [2.75, 3.05) is 7.11 Å². The number of hydrogen-bond acceptors (Lipinski definition) is 4. The summed E-state index contributed by atoms with van der Waals surface area (Å²) in [6.07, 6.45) is -0.590. The van der Waals surface area contributed by atoms with Gasteiger partial charge in [0, 0.05) is 20.0 Å². The van der Waals surface area contributed by atoms with Gasteiger partial charge in [0.1, 0.15) is 0 Å². The third kappa shape index (κ3) is 4.17. The van der Waals surface area contributed by atoms with Gasteiger partial charge in [0.05, 0.1) is 18.2 Å². The third-order valence-electron chi connectivity index (χ3n) is 3.87. The predicted octanol–water partition coefficient (Wildman–Crippen LogP) is 1.54. The van der Waals surface area contributed by atoms with Crippen molar-refractivity contribution in [3.8, 4) is 0 Å². The van der Waals surface area contributed by atoms with Crippen LogP contribution >= 0.6 is 0 Å². The molecule has 1 fully saturated rings. The molecule has 0 bridgehead atoms. The van der Waals surface area contributed by atoms with Gasteiger partial charge in [-0.3, -0.25) is 4.79 Å². The number of hydrogen-bond donors (Lipinski definition) is 2. The highest BCUT2D eigenvalue weighted by molar-refractivity contribution is 5.73. The minimum Gasteiger partial charge on any atom is -0.390 e. The van der Waals surface area contributed by atoms with Crippen molar-refractivity contribution in [2.24, 2.45) is 17.8 Å². The van der Waals surface area contributed by atoms with Crippen LogP contribution < -0.4 is 5.32 Å². The summed E-state index contributed by atoms with van der Waals surface area (Å²) in [5.41, 5.74) is 0. The second-order valence-electron chi connectivity index (χ2n) is 6.45. The van der Waals surface area contributed by atoms with Crippen molar-refractivity contribution in [3.63, 3.8) is 0 Å². The molecule has 20 heavy (non-hydrogen) atoms. The Balaban J connectivity index is 2.97. The molecule has 1 heterocycles. The summed E-state index contributed by atoms with van der Waals surface area (Å²) >= 11 is 0. The van der Waals surface area contributed by atoms with E-state index >= 15 is 0 Å². The van der Waals surface area contributed by atoms with Crippen LogP contribution in [-0.4, -0.2) is 42.7 Å².